The fourth-order valence-corrected chi connectivity index (χ4v) is 2.56. The lowest BCUT2D eigenvalue weighted by Gasteiger charge is -2.18. The Morgan fingerprint density at radius 1 is 1.45 bits per heavy atom. The highest BCUT2D eigenvalue weighted by molar-refractivity contribution is 7.19. The molecule has 4 nitrogen and oxygen atoms in total. The summed E-state index contributed by atoms with van der Waals surface area (Å²) < 4.78 is 37.2. The summed E-state index contributed by atoms with van der Waals surface area (Å²) in [6, 6.07) is 5.26. The van der Waals surface area contributed by atoms with Crippen LogP contribution in [-0.4, -0.2) is 29.7 Å². The summed E-state index contributed by atoms with van der Waals surface area (Å²) in [6.07, 6.45) is -1.20. The molecule has 2 heterocycles. The first-order chi connectivity index (χ1) is 9.40. The van der Waals surface area contributed by atoms with Crippen molar-refractivity contribution in [3.05, 3.63) is 30.2 Å². The summed E-state index contributed by atoms with van der Waals surface area (Å²) in [5, 5.41) is 9.67. The van der Waals surface area contributed by atoms with Crippen molar-refractivity contribution in [2.24, 2.45) is 0 Å². The van der Waals surface area contributed by atoms with E-state index in [9.17, 15) is 13.2 Å². The third-order valence-electron chi connectivity index (χ3n) is 2.39. The topological polar surface area (TPSA) is 52.8 Å². The molecule has 20 heavy (non-hydrogen) atoms. The summed E-state index contributed by atoms with van der Waals surface area (Å²) in [6.45, 7) is -1.13. The molecule has 0 N–H and O–H groups in total. The number of pyridine rings is 1. The first-order valence-corrected chi connectivity index (χ1v) is 6.31. The molecule has 0 aliphatic rings. The first kappa shape index (κ1) is 14.3. The number of nitriles is 1. The molecule has 0 radical (unpaired) electrons. The molecule has 0 aliphatic heterocycles. The van der Waals surface area contributed by atoms with Crippen LogP contribution in [0.4, 0.5) is 18.2 Å². The molecule has 0 saturated heterocycles. The van der Waals surface area contributed by atoms with Gasteiger partial charge in [0.15, 0.2) is 5.69 Å². The highest BCUT2D eigenvalue weighted by Gasteiger charge is 2.31. The van der Waals surface area contributed by atoms with Gasteiger partial charge in [-0.2, -0.15) is 18.4 Å². The van der Waals surface area contributed by atoms with Crippen molar-refractivity contribution in [3.63, 3.8) is 0 Å². The zero-order chi connectivity index (χ0) is 14.8. The normalized spacial score (nSPS) is 11.2. The minimum absolute atomic E-state index is 0.0133. The van der Waals surface area contributed by atoms with Crippen LogP contribution in [0.3, 0.4) is 0 Å². The molecule has 2 aromatic heterocycles. The maximum absolute atomic E-state index is 12.4. The van der Waals surface area contributed by atoms with Gasteiger partial charge in [0.1, 0.15) is 22.6 Å². The van der Waals surface area contributed by atoms with E-state index < -0.39 is 12.7 Å². The molecule has 0 fully saturated rings. The lowest BCUT2D eigenvalue weighted by atomic mass is 10.3. The van der Waals surface area contributed by atoms with Crippen molar-refractivity contribution in [1.82, 2.24) is 9.97 Å². The van der Waals surface area contributed by atoms with Gasteiger partial charge in [0, 0.05) is 25.0 Å². The summed E-state index contributed by atoms with van der Waals surface area (Å²) in [7, 11) is 1.29. The van der Waals surface area contributed by atoms with Gasteiger partial charge in [-0.1, -0.05) is 11.3 Å². The lowest BCUT2D eigenvalue weighted by molar-refractivity contribution is -0.119. The second-order valence-electron chi connectivity index (χ2n) is 4.00. The summed E-state index contributed by atoms with van der Waals surface area (Å²) >= 11 is 1.04. The Morgan fingerprint density at radius 2 is 2.20 bits per heavy atom. The molecule has 8 heteroatoms. The number of anilines is 1. The largest absolute Gasteiger partial charge is 0.405 e. The Hall–Kier alpha value is -2.14. The number of thiazole rings is 1. The SMILES string of the molecule is CN(CC(F)(F)F)c1sc(-c2cccnc2)nc1C#N. The van der Waals surface area contributed by atoms with E-state index in [1.165, 1.54) is 7.05 Å². The molecule has 0 aromatic carbocycles. The number of nitrogens with zero attached hydrogens (tertiary/aromatic N) is 4. The lowest BCUT2D eigenvalue weighted by Crippen LogP contribution is -2.30. The van der Waals surface area contributed by atoms with E-state index in [2.05, 4.69) is 9.97 Å². The standard InChI is InChI=1S/C12H9F3N4S/c1-19(7-12(13,14)15)11-9(5-16)18-10(20-11)8-3-2-4-17-6-8/h2-4,6H,7H2,1H3. The van der Waals surface area contributed by atoms with Gasteiger partial charge in [-0.25, -0.2) is 4.98 Å². The quantitative estimate of drug-likeness (QED) is 0.874. The van der Waals surface area contributed by atoms with Crippen molar-refractivity contribution in [2.75, 3.05) is 18.5 Å². The first-order valence-electron chi connectivity index (χ1n) is 5.50. The molecule has 0 spiro atoms. The van der Waals surface area contributed by atoms with Crippen LogP contribution in [0.1, 0.15) is 5.69 Å². The van der Waals surface area contributed by atoms with Gasteiger partial charge in [0.05, 0.1) is 0 Å². The zero-order valence-corrected chi connectivity index (χ0v) is 11.2. The van der Waals surface area contributed by atoms with Crippen LogP contribution in [0.2, 0.25) is 0 Å². The summed E-state index contributed by atoms with van der Waals surface area (Å²) in [5.74, 6) is 0. The van der Waals surface area contributed by atoms with Crippen LogP contribution in [0.5, 0.6) is 0 Å². The van der Waals surface area contributed by atoms with Gasteiger partial charge < -0.3 is 4.90 Å². The number of rotatable bonds is 3. The zero-order valence-electron chi connectivity index (χ0n) is 10.3. The minimum Gasteiger partial charge on any atom is -0.355 e. The highest BCUT2D eigenvalue weighted by Crippen LogP contribution is 2.34. The summed E-state index contributed by atoms with van der Waals surface area (Å²) in [4.78, 5) is 8.96. The van der Waals surface area contributed by atoms with Crippen molar-refractivity contribution in [3.8, 4) is 16.6 Å². The monoisotopic (exact) mass is 298 g/mol. The fraction of sp³-hybridized carbons (Fsp3) is 0.250. The van der Waals surface area contributed by atoms with E-state index in [0.29, 0.717) is 10.6 Å². The Balaban J connectivity index is 2.35. The Bertz CT molecular complexity index is 630. The van der Waals surface area contributed by atoms with Crippen LogP contribution >= 0.6 is 11.3 Å². The molecule has 2 rings (SSSR count). The Kier molecular flexibility index (Phi) is 3.90. The number of hydrogen-bond donors (Lipinski definition) is 0. The molecule has 0 aliphatic carbocycles. The van der Waals surface area contributed by atoms with E-state index in [0.717, 1.165) is 16.2 Å². The average molecular weight is 298 g/mol. The molecule has 104 valence electrons. The Labute approximate surface area is 117 Å². The van der Waals surface area contributed by atoms with Crippen molar-refractivity contribution >= 4 is 16.3 Å². The number of alkyl halides is 3. The van der Waals surface area contributed by atoms with E-state index in [4.69, 9.17) is 5.26 Å². The molecular formula is C12H9F3N4S. The van der Waals surface area contributed by atoms with Crippen molar-refractivity contribution in [2.45, 2.75) is 6.18 Å². The van der Waals surface area contributed by atoms with Crippen LogP contribution in [0, 0.1) is 11.3 Å². The van der Waals surface area contributed by atoms with Crippen LogP contribution < -0.4 is 4.90 Å². The second kappa shape index (κ2) is 5.46. The maximum atomic E-state index is 12.4. The smallest absolute Gasteiger partial charge is 0.355 e. The predicted octanol–water partition coefficient (Wildman–Crippen LogP) is 3.08. The van der Waals surface area contributed by atoms with E-state index in [1.807, 2.05) is 6.07 Å². The predicted molar refractivity (Wildman–Crippen MR) is 69.4 cm³/mol. The van der Waals surface area contributed by atoms with E-state index in [-0.39, 0.29) is 10.7 Å². The fourth-order valence-electron chi connectivity index (χ4n) is 1.60. The molecule has 0 saturated carbocycles. The molecule has 2 aromatic rings. The molecular weight excluding hydrogens is 289 g/mol. The van der Waals surface area contributed by atoms with E-state index >= 15 is 0 Å². The number of halogens is 3. The van der Waals surface area contributed by atoms with Crippen LogP contribution in [-0.2, 0) is 0 Å². The van der Waals surface area contributed by atoms with Gasteiger partial charge in [0.2, 0.25) is 0 Å². The Morgan fingerprint density at radius 3 is 2.75 bits per heavy atom. The van der Waals surface area contributed by atoms with Gasteiger partial charge >= 0.3 is 6.18 Å². The van der Waals surface area contributed by atoms with Gasteiger partial charge in [-0.3, -0.25) is 4.98 Å². The molecule has 0 amide bonds. The second-order valence-corrected chi connectivity index (χ2v) is 4.98. The molecule has 0 unspecified atom stereocenters. The third-order valence-corrected chi connectivity index (χ3v) is 3.61. The van der Waals surface area contributed by atoms with Crippen molar-refractivity contribution < 1.29 is 13.2 Å². The van der Waals surface area contributed by atoms with Crippen LogP contribution in [0.15, 0.2) is 24.5 Å². The molecule has 0 atom stereocenters. The van der Waals surface area contributed by atoms with Gasteiger partial charge in [0.25, 0.3) is 0 Å². The summed E-state index contributed by atoms with van der Waals surface area (Å²) in [5.41, 5.74) is 0.654. The maximum Gasteiger partial charge on any atom is 0.405 e. The number of hydrogen-bond acceptors (Lipinski definition) is 5. The van der Waals surface area contributed by atoms with E-state index in [1.54, 1.807) is 24.5 Å². The van der Waals surface area contributed by atoms with Gasteiger partial charge in [-0.15, -0.1) is 0 Å². The molecule has 0 bridgehead atoms. The van der Waals surface area contributed by atoms with Gasteiger partial charge in [-0.05, 0) is 12.1 Å². The number of aromatic nitrogens is 2. The van der Waals surface area contributed by atoms with Crippen LogP contribution in [0.25, 0.3) is 10.6 Å². The highest BCUT2D eigenvalue weighted by atomic mass is 32.1. The third kappa shape index (κ3) is 3.24. The minimum atomic E-state index is -4.33. The average Bonchev–Trinajstić information content (AvgIpc) is 2.82. The van der Waals surface area contributed by atoms with Crippen molar-refractivity contribution in [1.29, 1.82) is 5.26 Å².